The predicted octanol–water partition coefficient (Wildman–Crippen LogP) is 6.46. The lowest BCUT2D eigenvalue weighted by molar-refractivity contribution is -0.137. The zero-order valence-electron chi connectivity index (χ0n) is 18.4. The number of amidine groups is 1. The predicted molar refractivity (Wildman–Crippen MR) is 124 cm³/mol. The highest BCUT2D eigenvalue weighted by atomic mass is 32.1. The third kappa shape index (κ3) is 4.54. The molecule has 3 fully saturated rings. The molecule has 1 aromatic carbocycles. The van der Waals surface area contributed by atoms with Crippen molar-refractivity contribution >= 4 is 28.7 Å². The van der Waals surface area contributed by atoms with Crippen molar-refractivity contribution in [2.24, 2.45) is 10.4 Å². The number of thiocarbonyl (C=S) groups is 1. The molecule has 0 radical (unpaired) electrons. The minimum Gasteiger partial charge on any atom is -0.293 e. The highest BCUT2D eigenvalue weighted by molar-refractivity contribution is 7.80. The van der Waals surface area contributed by atoms with Crippen LogP contribution in [-0.2, 0) is 6.18 Å². The Bertz CT molecular complexity index is 837. The van der Waals surface area contributed by atoms with Gasteiger partial charge in [0.05, 0.1) is 22.6 Å². The topological polar surface area (TPSA) is 18.8 Å². The third-order valence-electron chi connectivity index (χ3n) is 6.99. The monoisotopic (exact) mass is 451 g/mol. The van der Waals surface area contributed by atoms with E-state index in [1.54, 1.807) is 6.07 Å². The molecule has 2 aliphatic heterocycles. The van der Waals surface area contributed by atoms with E-state index in [1.165, 1.54) is 25.0 Å². The van der Waals surface area contributed by atoms with Gasteiger partial charge in [0.25, 0.3) is 0 Å². The fourth-order valence-corrected chi connectivity index (χ4v) is 5.66. The maximum absolute atomic E-state index is 13.5. The van der Waals surface area contributed by atoms with Crippen LogP contribution in [0, 0.1) is 5.41 Å². The van der Waals surface area contributed by atoms with Crippen LogP contribution in [0.2, 0.25) is 0 Å². The van der Waals surface area contributed by atoms with Crippen LogP contribution in [0.4, 0.5) is 18.9 Å². The summed E-state index contributed by atoms with van der Waals surface area (Å²) in [5, 5.41) is 0. The molecule has 3 aliphatic rings. The van der Waals surface area contributed by atoms with E-state index in [0.29, 0.717) is 10.7 Å². The Kier molecular flexibility index (Phi) is 6.46. The van der Waals surface area contributed by atoms with E-state index in [0.717, 1.165) is 63.5 Å². The van der Waals surface area contributed by atoms with E-state index in [4.69, 9.17) is 17.2 Å². The average Bonchev–Trinajstić information content (AvgIpc) is 2.94. The van der Waals surface area contributed by atoms with Gasteiger partial charge in [0, 0.05) is 11.1 Å². The van der Waals surface area contributed by atoms with Gasteiger partial charge in [-0.15, -0.1) is 0 Å². The number of anilines is 1. The number of benzene rings is 1. The summed E-state index contributed by atoms with van der Waals surface area (Å²) in [4.78, 5) is 10.2. The molecule has 7 heteroatoms. The molecule has 0 spiro atoms. The normalized spacial score (nSPS) is 27.3. The number of aliphatic imine (C=N–C) groups is 1. The van der Waals surface area contributed by atoms with Gasteiger partial charge in [-0.2, -0.15) is 13.2 Å². The summed E-state index contributed by atoms with van der Waals surface area (Å²) in [6.45, 7) is 6.21. The summed E-state index contributed by atoms with van der Waals surface area (Å²) in [6, 6.07) is 5.76. The summed E-state index contributed by atoms with van der Waals surface area (Å²) in [6.07, 6.45) is 4.75. The summed E-state index contributed by atoms with van der Waals surface area (Å²) in [5.41, 5.74) is -0.556. The second-order valence-corrected chi connectivity index (χ2v) is 10.1. The van der Waals surface area contributed by atoms with E-state index in [-0.39, 0.29) is 17.5 Å². The lowest BCUT2D eigenvalue weighted by Crippen LogP contribution is -2.50. The van der Waals surface area contributed by atoms with Crippen LogP contribution >= 0.6 is 12.2 Å². The molecule has 1 saturated carbocycles. The molecule has 4 rings (SSSR count). The molecule has 2 heterocycles. The molecule has 170 valence electrons. The summed E-state index contributed by atoms with van der Waals surface area (Å²) in [7, 11) is 0. The van der Waals surface area contributed by atoms with Crippen LogP contribution in [-0.4, -0.2) is 40.9 Å². The molecule has 3 nitrogen and oxygen atoms in total. The number of piperidine rings is 1. The van der Waals surface area contributed by atoms with Crippen molar-refractivity contribution in [2.75, 3.05) is 18.0 Å². The molecule has 0 unspecified atom stereocenters. The maximum atomic E-state index is 13.5. The SMILES string of the molecule is CC1(C)C(=S)N(c2cccc(C(F)(F)F)c2)C(=NC2CCCCC2)[C@H]1N1CCCCC1. The average molecular weight is 452 g/mol. The Balaban J connectivity index is 1.80. The molecule has 2 saturated heterocycles. The fraction of sp³-hybridized carbons (Fsp3) is 0.667. The van der Waals surface area contributed by atoms with Crippen LogP contribution in [0.15, 0.2) is 29.3 Å². The van der Waals surface area contributed by atoms with Crippen LogP contribution in [0.3, 0.4) is 0 Å². The van der Waals surface area contributed by atoms with Crippen molar-refractivity contribution in [1.29, 1.82) is 0 Å². The Hall–Kier alpha value is -1.47. The van der Waals surface area contributed by atoms with Crippen LogP contribution in [0.5, 0.6) is 0 Å². The first-order valence-corrected chi connectivity index (χ1v) is 11.9. The number of likely N-dealkylation sites (tertiary alicyclic amines) is 1. The molecule has 0 bridgehead atoms. The molecule has 0 amide bonds. The minimum absolute atomic E-state index is 0.00299. The first-order chi connectivity index (χ1) is 14.7. The highest BCUT2D eigenvalue weighted by Gasteiger charge is 2.52. The first kappa shape index (κ1) is 22.7. The number of hydrogen-bond donors (Lipinski definition) is 0. The van der Waals surface area contributed by atoms with Crippen LogP contribution < -0.4 is 4.90 Å². The zero-order valence-corrected chi connectivity index (χ0v) is 19.2. The second kappa shape index (κ2) is 8.81. The number of hydrogen-bond acceptors (Lipinski definition) is 3. The van der Waals surface area contributed by atoms with Gasteiger partial charge in [0.15, 0.2) is 0 Å². The van der Waals surface area contributed by atoms with Gasteiger partial charge in [0.2, 0.25) is 0 Å². The van der Waals surface area contributed by atoms with Gasteiger partial charge in [0.1, 0.15) is 5.84 Å². The summed E-state index contributed by atoms with van der Waals surface area (Å²) in [5.74, 6) is 0.850. The quantitative estimate of drug-likeness (QED) is 0.491. The van der Waals surface area contributed by atoms with Crippen molar-refractivity contribution in [1.82, 2.24) is 4.90 Å². The number of alkyl halides is 3. The lowest BCUT2D eigenvalue weighted by Gasteiger charge is -2.38. The number of rotatable bonds is 3. The van der Waals surface area contributed by atoms with Gasteiger partial charge in [-0.3, -0.25) is 14.8 Å². The molecule has 0 aromatic heterocycles. The first-order valence-electron chi connectivity index (χ1n) is 11.5. The molecule has 1 atom stereocenters. The van der Waals surface area contributed by atoms with E-state index in [9.17, 15) is 13.2 Å². The van der Waals surface area contributed by atoms with E-state index in [1.807, 2.05) is 4.90 Å². The Morgan fingerprint density at radius 2 is 1.65 bits per heavy atom. The van der Waals surface area contributed by atoms with Crippen molar-refractivity contribution in [2.45, 2.75) is 83.5 Å². The molecular formula is C24H32F3N3S. The Morgan fingerprint density at radius 1 is 1.00 bits per heavy atom. The molecule has 0 N–H and O–H groups in total. The maximum Gasteiger partial charge on any atom is 0.416 e. The summed E-state index contributed by atoms with van der Waals surface area (Å²) < 4.78 is 40.4. The van der Waals surface area contributed by atoms with Crippen molar-refractivity contribution < 1.29 is 13.2 Å². The zero-order chi connectivity index (χ0) is 22.2. The number of halogens is 3. The van der Waals surface area contributed by atoms with Gasteiger partial charge in [-0.1, -0.05) is 57.8 Å². The van der Waals surface area contributed by atoms with Gasteiger partial charge < -0.3 is 0 Å². The van der Waals surface area contributed by atoms with Crippen molar-refractivity contribution in [3.63, 3.8) is 0 Å². The van der Waals surface area contributed by atoms with E-state index < -0.39 is 11.7 Å². The third-order valence-corrected chi connectivity index (χ3v) is 7.70. The van der Waals surface area contributed by atoms with E-state index >= 15 is 0 Å². The van der Waals surface area contributed by atoms with E-state index in [2.05, 4.69) is 18.7 Å². The fourth-order valence-electron chi connectivity index (χ4n) is 5.35. The van der Waals surface area contributed by atoms with Crippen molar-refractivity contribution in [3.05, 3.63) is 29.8 Å². The van der Waals surface area contributed by atoms with Crippen LogP contribution in [0.1, 0.15) is 70.8 Å². The van der Waals surface area contributed by atoms with Crippen molar-refractivity contribution in [3.8, 4) is 0 Å². The lowest BCUT2D eigenvalue weighted by atomic mass is 9.85. The molecule has 1 aromatic rings. The standard InChI is InChI=1S/C24H32F3N3S/c1-23(2)20(29-14-7-4-8-15-29)21(28-18-11-5-3-6-12-18)30(22(23)31)19-13-9-10-17(16-19)24(25,26)27/h9-10,13,16,18,20H,3-8,11-12,14-15H2,1-2H3/t20-/m1/s1. The largest absolute Gasteiger partial charge is 0.416 e. The minimum atomic E-state index is -4.39. The van der Waals surface area contributed by atoms with Gasteiger partial charge >= 0.3 is 6.18 Å². The summed E-state index contributed by atoms with van der Waals surface area (Å²) >= 11 is 5.92. The van der Waals surface area contributed by atoms with Crippen LogP contribution in [0.25, 0.3) is 0 Å². The van der Waals surface area contributed by atoms with Gasteiger partial charge in [-0.05, 0) is 57.0 Å². The molecular weight excluding hydrogens is 419 g/mol. The molecule has 31 heavy (non-hydrogen) atoms. The smallest absolute Gasteiger partial charge is 0.293 e. The molecule has 1 aliphatic carbocycles. The Morgan fingerprint density at radius 3 is 2.29 bits per heavy atom. The highest BCUT2D eigenvalue weighted by Crippen LogP contribution is 2.43. The number of nitrogens with zero attached hydrogens (tertiary/aromatic N) is 3. The second-order valence-electron chi connectivity index (χ2n) is 9.69. The van der Waals surface area contributed by atoms with Gasteiger partial charge in [-0.25, -0.2) is 0 Å². The Labute approximate surface area is 188 Å².